The molecule has 0 aliphatic heterocycles. The van der Waals surface area contributed by atoms with Gasteiger partial charge in [-0.3, -0.25) is 9.59 Å². The van der Waals surface area contributed by atoms with Crippen LogP contribution in [0.15, 0.2) is 29.0 Å². The van der Waals surface area contributed by atoms with E-state index in [0.29, 0.717) is 5.69 Å². The van der Waals surface area contributed by atoms with Gasteiger partial charge in [0.15, 0.2) is 6.61 Å². The number of hydrogen-bond acceptors (Lipinski definition) is 6. The lowest BCUT2D eigenvalue weighted by molar-refractivity contribution is -0.148. The normalized spacial score (nSPS) is 10.2. The number of halogens is 1. The van der Waals surface area contributed by atoms with Crippen molar-refractivity contribution in [3.63, 3.8) is 0 Å². The number of benzene rings is 1. The monoisotopic (exact) mass is 353 g/mol. The van der Waals surface area contributed by atoms with Crippen molar-refractivity contribution in [3.05, 3.63) is 34.6 Å². The molecular formula is C12H12BrN5O3. The Hall–Kier alpha value is -2.29. The third-order valence-corrected chi connectivity index (χ3v) is 3.00. The van der Waals surface area contributed by atoms with Crippen molar-refractivity contribution in [2.75, 3.05) is 11.9 Å². The maximum absolute atomic E-state index is 11.7. The first-order valence-electron chi connectivity index (χ1n) is 5.97. The number of esters is 1. The minimum absolute atomic E-state index is 0.141. The Labute approximate surface area is 128 Å². The number of hydrogen-bond donors (Lipinski definition) is 1. The van der Waals surface area contributed by atoms with Gasteiger partial charge in [-0.25, -0.2) is 4.68 Å². The number of aromatic nitrogens is 4. The fourth-order valence-corrected chi connectivity index (χ4v) is 2.01. The standard InChI is InChI=1S/C12H12BrN5O3/c1-8-4-9(13)2-3-10(8)15-11(19)6-21-12(20)5-18-7-14-16-17-18/h2-4,7H,5-6H2,1H3,(H,15,19). The van der Waals surface area contributed by atoms with E-state index in [2.05, 4.69) is 36.8 Å². The summed E-state index contributed by atoms with van der Waals surface area (Å²) in [5, 5.41) is 13.0. The van der Waals surface area contributed by atoms with Gasteiger partial charge in [-0.2, -0.15) is 0 Å². The van der Waals surface area contributed by atoms with Crippen molar-refractivity contribution in [2.45, 2.75) is 13.5 Å². The summed E-state index contributed by atoms with van der Waals surface area (Å²) in [5.41, 5.74) is 1.57. The highest BCUT2D eigenvalue weighted by Crippen LogP contribution is 2.19. The molecule has 2 aromatic rings. The molecule has 0 spiro atoms. The number of tetrazole rings is 1. The van der Waals surface area contributed by atoms with Crippen molar-refractivity contribution in [1.29, 1.82) is 0 Å². The van der Waals surface area contributed by atoms with E-state index in [4.69, 9.17) is 4.74 Å². The zero-order chi connectivity index (χ0) is 15.2. The Morgan fingerprint density at radius 2 is 2.24 bits per heavy atom. The Morgan fingerprint density at radius 1 is 1.43 bits per heavy atom. The third-order valence-electron chi connectivity index (χ3n) is 2.51. The minimum atomic E-state index is -0.593. The summed E-state index contributed by atoms with van der Waals surface area (Å²) in [6.45, 7) is 1.36. The van der Waals surface area contributed by atoms with Gasteiger partial charge in [0, 0.05) is 10.2 Å². The molecule has 0 fully saturated rings. The van der Waals surface area contributed by atoms with Crippen LogP contribution in [0.4, 0.5) is 5.69 Å². The van der Waals surface area contributed by atoms with Gasteiger partial charge in [-0.1, -0.05) is 15.9 Å². The topological polar surface area (TPSA) is 99.0 Å². The summed E-state index contributed by atoms with van der Waals surface area (Å²) in [5.74, 6) is -1.00. The van der Waals surface area contributed by atoms with Crippen molar-refractivity contribution in [1.82, 2.24) is 20.2 Å². The molecule has 0 saturated carbocycles. The molecule has 0 radical (unpaired) electrons. The zero-order valence-corrected chi connectivity index (χ0v) is 12.7. The molecule has 0 bridgehead atoms. The van der Waals surface area contributed by atoms with E-state index in [1.807, 2.05) is 19.1 Å². The Kier molecular flexibility index (Phi) is 4.99. The van der Waals surface area contributed by atoms with E-state index in [1.54, 1.807) is 6.07 Å². The molecular weight excluding hydrogens is 342 g/mol. The number of rotatable bonds is 5. The second-order valence-corrected chi connectivity index (χ2v) is 5.09. The number of carbonyl (C=O) groups is 2. The van der Waals surface area contributed by atoms with E-state index in [9.17, 15) is 9.59 Å². The van der Waals surface area contributed by atoms with Gasteiger partial charge in [0.05, 0.1) is 0 Å². The van der Waals surface area contributed by atoms with Crippen LogP contribution in [-0.2, 0) is 20.9 Å². The lowest BCUT2D eigenvalue weighted by Crippen LogP contribution is -2.23. The van der Waals surface area contributed by atoms with Gasteiger partial charge in [0.25, 0.3) is 5.91 Å². The molecule has 0 aliphatic carbocycles. The van der Waals surface area contributed by atoms with Gasteiger partial charge >= 0.3 is 5.97 Å². The van der Waals surface area contributed by atoms with E-state index in [1.165, 1.54) is 11.0 Å². The van der Waals surface area contributed by atoms with Crippen LogP contribution in [0.1, 0.15) is 5.56 Å². The molecule has 0 atom stereocenters. The van der Waals surface area contributed by atoms with Gasteiger partial charge in [0.2, 0.25) is 0 Å². The molecule has 9 heteroatoms. The molecule has 1 aromatic carbocycles. The average molecular weight is 354 g/mol. The summed E-state index contributed by atoms with van der Waals surface area (Å²) in [6.07, 6.45) is 1.28. The summed E-state index contributed by atoms with van der Waals surface area (Å²) in [7, 11) is 0. The fraction of sp³-hybridized carbons (Fsp3) is 0.250. The number of anilines is 1. The van der Waals surface area contributed by atoms with E-state index in [0.717, 1.165) is 10.0 Å². The van der Waals surface area contributed by atoms with Crippen molar-refractivity contribution in [3.8, 4) is 0 Å². The smallest absolute Gasteiger partial charge is 0.328 e. The highest BCUT2D eigenvalue weighted by Gasteiger charge is 2.10. The van der Waals surface area contributed by atoms with Crippen LogP contribution < -0.4 is 5.32 Å². The largest absolute Gasteiger partial charge is 0.454 e. The SMILES string of the molecule is Cc1cc(Br)ccc1NC(=O)COC(=O)Cn1cnnn1. The summed E-state index contributed by atoms with van der Waals surface area (Å²) < 4.78 is 6.97. The van der Waals surface area contributed by atoms with Gasteiger partial charge in [0.1, 0.15) is 12.9 Å². The number of aryl methyl sites for hydroxylation is 1. The summed E-state index contributed by atoms with van der Waals surface area (Å²) >= 11 is 3.34. The van der Waals surface area contributed by atoms with Crippen LogP contribution in [0.25, 0.3) is 0 Å². The van der Waals surface area contributed by atoms with Crippen molar-refractivity contribution >= 4 is 33.5 Å². The molecule has 0 unspecified atom stereocenters. The van der Waals surface area contributed by atoms with Crippen LogP contribution in [0.5, 0.6) is 0 Å². The van der Waals surface area contributed by atoms with Crippen molar-refractivity contribution < 1.29 is 14.3 Å². The first-order chi connectivity index (χ1) is 10.0. The molecule has 1 aromatic heterocycles. The molecule has 0 aliphatic rings. The molecule has 21 heavy (non-hydrogen) atoms. The Balaban J connectivity index is 1.80. The predicted molar refractivity (Wildman–Crippen MR) is 76.3 cm³/mol. The van der Waals surface area contributed by atoms with E-state index < -0.39 is 11.9 Å². The lowest BCUT2D eigenvalue weighted by Gasteiger charge is -2.09. The fourth-order valence-electron chi connectivity index (χ4n) is 1.53. The highest BCUT2D eigenvalue weighted by molar-refractivity contribution is 9.10. The lowest BCUT2D eigenvalue weighted by atomic mass is 10.2. The average Bonchev–Trinajstić information content (AvgIpc) is 2.92. The van der Waals surface area contributed by atoms with E-state index in [-0.39, 0.29) is 13.2 Å². The van der Waals surface area contributed by atoms with Crippen molar-refractivity contribution in [2.24, 2.45) is 0 Å². The van der Waals surface area contributed by atoms with Gasteiger partial charge < -0.3 is 10.1 Å². The molecule has 110 valence electrons. The summed E-state index contributed by atoms with van der Waals surface area (Å²) in [4.78, 5) is 23.2. The predicted octanol–water partition coefficient (Wildman–Crippen LogP) is 0.926. The van der Waals surface area contributed by atoms with Gasteiger partial charge in [-0.05, 0) is 41.1 Å². The van der Waals surface area contributed by atoms with Crippen LogP contribution >= 0.6 is 15.9 Å². The molecule has 2 rings (SSSR count). The number of amides is 1. The number of nitrogens with zero attached hydrogens (tertiary/aromatic N) is 4. The number of nitrogens with one attached hydrogen (secondary N) is 1. The molecule has 8 nitrogen and oxygen atoms in total. The molecule has 1 amide bonds. The zero-order valence-electron chi connectivity index (χ0n) is 11.1. The highest BCUT2D eigenvalue weighted by atomic mass is 79.9. The summed E-state index contributed by atoms with van der Waals surface area (Å²) in [6, 6.07) is 5.45. The second kappa shape index (κ2) is 6.93. The quantitative estimate of drug-likeness (QED) is 0.802. The first kappa shape index (κ1) is 15.1. The Bertz CT molecular complexity index is 644. The van der Waals surface area contributed by atoms with Gasteiger partial charge in [-0.15, -0.1) is 5.10 Å². The number of ether oxygens (including phenoxy) is 1. The molecule has 1 heterocycles. The van der Waals surface area contributed by atoms with Crippen LogP contribution in [0.3, 0.4) is 0 Å². The molecule has 0 saturated heterocycles. The maximum atomic E-state index is 11.7. The maximum Gasteiger partial charge on any atom is 0.328 e. The van der Waals surface area contributed by atoms with Crippen LogP contribution in [0, 0.1) is 6.92 Å². The molecule has 1 N–H and O–H groups in total. The second-order valence-electron chi connectivity index (χ2n) is 4.18. The Morgan fingerprint density at radius 3 is 2.90 bits per heavy atom. The van der Waals surface area contributed by atoms with Crippen LogP contribution in [-0.4, -0.2) is 38.7 Å². The minimum Gasteiger partial charge on any atom is -0.454 e. The number of carbonyl (C=O) groups excluding carboxylic acids is 2. The third kappa shape index (κ3) is 4.63. The first-order valence-corrected chi connectivity index (χ1v) is 6.76. The van der Waals surface area contributed by atoms with E-state index >= 15 is 0 Å². The van der Waals surface area contributed by atoms with Crippen LogP contribution in [0.2, 0.25) is 0 Å².